The Labute approximate surface area is 247 Å². The smallest absolute Gasteiger partial charge is 0.162 e. The minimum atomic E-state index is -0.562. The van der Waals surface area contributed by atoms with Crippen LogP contribution in [-0.2, 0) is 11.4 Å². The van der Waals surface area contributed by atoms with Gasteiger partial charge < -0.3 is 10.5 Å². The summed E-state index contributed by atoms with van der Waals surface area (Å²) < 4.78 is 6.14. The average Bonchev–Trinajstić information content (AvgIpc) is 2.90. The number of anilines is 1. The molecular formula is C35H36ClN3O2. The van der Waals surface area contributed by atoms with Gasteiger partial charge >= 0.3 is 0 Å². The van der Waals surface area contributed by atoms with Gasteiger partial charge in [0.05, 0.1) is 23.2 Å². The Morgan fingerprint density at radius 1 is 1.00 bits per heavy atom. The van der Waals surface area contributed by atoms with Crippen LogP contribution in [0, 0.1) is 44.4 Å². The van der Waals surface area contributed by atoms with Gasteiger partial charge in [0.25, 0.3) is 0 Å². The third-order valence-electron chi connectivity index (χ3n) is 8.24. The van der Waals surface area contributed by atoms with E-state index in [1.54, 1.807) is 0 Å². The molecule has 5 nitrogen and oxygen atoms in total. The molecule has 5 rings (SSSR count). The maximum Gasteiger partial charge on any atom is 0.162 e. The maximum absolute atomic E-state index is 14.0. The van der Waals surface area contributed by atoms with Crippen molar-refractivity contribution >= 4 is 23.1 Å². The van der Waals surface area contributed by atoms with Crippen LogP contribution in [-0.4, -0.2) is 5.78 Å². The van der Waals surface area contributed by atoms with Gasteiger partial charge in [-0.25, -0.2) is 0 Å². The van der Waals surface area contributed by atoms with Crippen LogP contribution in [0.15, 0.2) is 77.3 Å². The summed E-state index contributed by atoms with van der Waals surface area (Å²) in [6.07, 6.45) is 1.04. The van der Waals surface area contributed by atoms with Gasteiger partial charge in [0.1, 0.15) is 18.2 Å². The Kier molecular flexibility index (Phi) is 7.48. The van der Waals surface area contributed by atoms with E-state index >= 15 is 0 Å². The van der Waals surface area contributed by atoms with Crippen LogP contribution in [0.2, 0.25) is 5.02 Å². The molecule has 0 radical (unpaired) electrons. The number of carbonyl (C=O) groups excluding carboxylic acids is 1. The van der Waals surface area contributed by atoms with Crippen molar-refractivity contribution in [2.24, 2.45) is 11.1 Å². The molecule has 1 heterocycles. The number of benzene rings is 3. The lowest BCUT2D eigenvalue weighted by molar-refractivity contribution is -0.118. The fourth-order valence-electron chi connectivity index (χ4n) is 6.10. The number of aryl methyl sites for hydroxylation is 4. The van der Waals surface area contributed by atoms with E-state index in [-0.39, 0.29) is 11.2 Å². The van der Waals surface area contributed by atoms with Crippen molar-refractivity contribution in [3.8, 4) is 11.8 Å². The number of nitrogens with two attached hydrogens (primary N) is 1. The highest BCUT2D eigenvalue weighted by atomic mass is 35.5. The summed E-state index contributed by atoms with van der Waals surface area (Å²) >= 11 is 6.43. The lowest BCUT2D eigenvalue weighted by Gasteiger charge is -2.44. The number of Topliss-reactive ketones (excluding diaryl/α,β-unsaturated/α-hetero) is 1. The molecule has 0 amide bonds. The number of hydrogen-bond donors (Lipinski definition) is 1. The third kappa shape index (κ3) is 5.37. The standard InChI is InChI=1S/C35H36ClN3O2/c1-20-7-11-26(12-8-20)41-19-24-14-27(23(4)13-22(24)3)32-28(18-37)34(38)39(29-15-25(36)10-9-21(29)2)30-16-35(5,6)17-31(40)33(30)32/h7-15,32H,16-17,19,38H2,1-6H3. The molecule has 1 aliphatic carbocycles. The summed E-state index contributed by atoms with van der Waals surface area (Å²) in [6, 6.07) is 20.2. The molecule has 1 unspecified atom stereocenters. The Morgan fingerprint density at radius 3 is 2.39 bits per heavy atom. The van der Waals surface area contributed by atoms with Gasteiger partial charge in [-0.2, -0.15) is 5.26 Å². The van der Waals surface area contributed by atoms with Crippen LogP contribution in [0.1, 0.15) is 66.0 Å². The number of hydrogen-bond acceptors (Lipinski definition) is 5. The first kappa shape index (κ1) is 28.5. The molecule has 210 valence electrons. The third-order valence-corrected chi connectivity index (χ3v) is 8.48. The molecule has 0 bridgehead atoms. The molecule has 2 aliphatic rings. The molecule has 0 saturated carbocycles. The summed E-state index contributed by atoms with van der Waals surface area (Å²) in [5.74, 6) is 0.611. The van der Waals surface area contributed by atoms with E-state index in [9.17, 15) is 10.1 Å². The van der Waals surface area contributed by atoms with Gasteiger partial charge in [-0.05, 0) is 91.6 Å². The number of allylic oxidation sites excluding steroid dienone is 3. The number of halogens is 1. The van der Waals surface area contributed by atoms with Crippen molar-refractivity contribution in [3.63, 3.8) is 0 Å². The molecule has 1 atom stereocenters. The number of ether oxygens (including phenoxy) is 1. The predicted octanol–water partition coefficient (Wildman–Crippen LogP) is 8.09. The Morgan fingerprint density at radius 2 is 1.71 bits per heavy atom. The fourth-order valence-corrected chi connectivity index (χ4v) is 6.26. The highest BCUT2D eigenvalue weighted by molar-refractivity contribution is 6.30. The molecular weight excluding hydrogens is 530 g/mol. The van der Waals surface area contributed by atoms with E-state index in [0.29, 0.717) is 41.4 Å². The second-order valence-corrected chi connectivity index (χ2v) is 12.6. The Balaban J connectivity index is 1.68. The number of nitrogens with zero attached hydrogens (tertiary/aromatic N) is 2. The maximum atomic E-state index is 14.0. The highest BCUT2D eigenvalue weighted by Crippen LogP contribution is 2.51. The lowest BCUT2D eigenvalue weighted by atomic mass is 9.68. The predicted molar refractivity (Wildman–Crippen MR) is 165 cm³/mol. The van der Waals surface area contributed by atoms with E-state index in [0.717, 1.165) is 45.0 Å². The van der Waals surface area contributed by atoms with Gasteiger partial charge in [0.2, 0.25) is 0 Å². The largest absolute Gasteiger partial charge is 0.489 e. The molecule has 2 N–H and O–H groups in total. The summed E-state index contributed by atoms with van der Waals surface area (Å²) in [4.78, 5) is 15.9. The van der Waals surface area contributed by atoms with Crippen LogP contribution in [0.3, 0.4) is 0 Å². The molecule has 0 saturated heterocycles. The van der Waals surface area contributed by atoms with Crippen molar-refractivity contribution in [1.82, 2.24) is 0 Å². The number of carbonyl (C=O) groups is 1. The monoisotopic (exact) mass is 565 g/mol. The summed E-state index contributed by atoms with van der Waals surface area (Å²) in [6.45, 7) is 12.7. The van der Waals surface area contributed by atoms with Gasteiger partial charge in [-0.1, -0.05) is 61.3 Å². The normalized spacial score (nSPS) is 18.3. The summed E-state index contributed by atoms with van der Waals surface area (Å²) in [7, 11) is 0. The zero-order valence-electron chi connectivity index (χ0n) is 24.6. The Bertz CT molecular complexity index is 1660. The minimum absolute atomic E-state index is 0.0450. The first-order chi connectivity index (χ1) is 19.4. The van der Waals surface area contributed by atoms with E-state index in [2.05, 4.69) is 39.0 Å². The molecule has 41 heavy (non-hydrogen) atoms. The topological polar surface area (TPSA) is 79.3 Å². The van der Waals surface area contributed by atoms with E-state index in [4.69, 9.17) is 22.1 Å². The van der Waals surface area contributed by atoms with Gasteiger partial charge in [0.15, 0.2) is 5.78 Å². The zero-order chi connectivity index (χ0) is 29.6. The van der Waals surface area contributed by atoms with E-state index < -0.39 is 5.92 Å². The second-order valence-electron chi connectivity index (χ2n) is 12.1. The quantitative estimate of drug-likeness (QED) is 0.338. The van der Waals surface area contributed by atoms with Crippen molar-refractivity contribution in [1.29, 1.82) is 5.26 Å². The van der Waals surface area contributed by atoms with Crippen molar-refractivity contribution in [2.75, 3.05) is 4.90 Å². The number of nitriles is 1. The van der Waals surface area contributed by atoms with Crippen LogP contribution >= 0.6 is 11.6 Å². The lowest BCUT2D eigenvalue weighted by Crippen LogP contribution is -2.42. The molecule has 6 heteroatoms. The molecule has 0 spiro atoms. The van der Waals surface area contributed by atoms with Crippen LogP contribution < -0.4 is 15.4 Å². The number of ketones is 1. The van der Waals surface area contributed by atoms with Gasteiger partial charge in [0, 0.05) is 22.7 Å². The highest BCUT2D eigenvalue weighted by Gasteiger charge is 2.45. The average molecular weight is 566 g/mol. The van der Waals surface area contributed by atoms with E-state index in [1.165, 1.54) is 5.56 Å². The van der Waals surface area contributed by atoms with Crippen LogP contribution in [0.5, 0.6) is 5.75 Å². The summed E-state index contributed by atoms with van der Waals surface area (Å²) in [5.41, 5.74) is 15.4. The zero-order valence-corrected chi connectivity index (χ0v) is 25.3. The van der Waals surface area contributed by atoms with Crippen molar-refractivity contribution in [3.05, 3.63) is 116 Å². The van der Waals surface area contributed by atoms with Gasteiger partial charge in [-0.3, -0.25) is 9.69 Å². The Hall–Kier alpha value is -4.01. The van der Waals surface area contributed by atoms with Crippen LogP contribution in [0.4, 0.5) is 5.69 Å². The minimum Gasteiger partial charge on any atom is -0.489 e. The first-order valence-electron chi connectivity index (χ1n) is 13.9. The van der Waals surface area contributed by atoms with Crippen LogP contribution in [0.25, 0.3) is 0 Å². The van der Waals surface area contributed by atoms with Gasteiger partial charge in [-0.15, -0.1) is 0 Å². The molecule has 0 fully saturated rings. The SMILES string of the molecule is Cc1ccc(OCc2cc(C3C(C#N)=C(N)N(c4cc(Cl)ccc4C)C4=C3C(=O)CC(C)(C)C4)c(C)cc2C)cc1. The molecule has 3 aromatic rings. The fraction of sp³-hybridized carbons (Fsp3) is 0.314. The molecule has 1 aliphatic heterocycles. The number of rotatable bonds is 5. The summed E-state index contributed by atoms with van der Waals surface area (Å²) in [5, 5.41) is 11.1. The molecule has 0 aromatic heterocycles. The molecule has 3 aromatic carbocycles. The first-order valence-corrected chi connectivity index (χ1v) is 14.3. The van der Waals surface area contributed by atoms with Crippen molar-refractivity contribution in [2.45, 2.75) is 66.9 Å². The van der Waals surface area contributed by atoms with E-state index in [1.807, 2.05) is 68.1 Å². The second kappa shape index (κ2) is 10.8. The van der Waals surface area contributed by atoms with Crippen molar-refractivity contribution < 1.29 is 9.53 Å².